The van der Waals surface area contributed by atoms with Gasteiger partial charge in [-0.3, -0.25) is 9.89 Å². The molecule has 1 heterocycles. The molecule has 1 aliphatic rings. The first-order valence-electron chi connectivity index (χ1n) is 6.05. The van der Waals surface area contributed by atoms with Gasteiger partial charge in [0.25, 0.3) is 0 Å². The molecule has 0 fully saturated rings. The molecule has 1 aromatic carbocycles. The molecular formula is C14H15Cl2N3. The van der Waals surface area contributed by atoms with Crippen LogP contribution in [0.3, 0.4) is 0 Å². The molecule has 100 valence electrons. The van der Waals surface area contributed by atoms with E-state index >= 15 is 0 Å². The molecule has 1 N–H and O–H groups in total. The van der Waals surface area contributed by atoms with Crippen LogP contribution in [-0.2, 0) is 0 Å². The summed E-state index contributed by atoms with van der Waals surface area (Å²) in [5.41, 5.74) is 1.74. The third-order valence-electron chi connectivity index (χ3n) is 2.86. The number of aliphatic imine (C=N–C) groups is 1. The fourth-order valence-electron chi connectivity index (χ4n) is 1.87. The summed E-state index contributed by atoms with van der Waals surface area (Å²) in [4.78, 5) is 6.36. The third kappa shape index (κ3) is 2.97. The molecule has 2 rings (SSSR count). The van der Waals surface area contributed by atoms with Crippen molar-refractivity contribution in [2.75, 3.05) is 24.5 Å². The highest BCUT2D eigenvalue weighted by Crippen LogP contribution is 2.36. The van der Waals surface area contributed by atoms with E-state index in [9.17, 15) is 0 Å². The summed E-state index contributed by atoms with van der Waals surface area (Å²) in [6.07, 6.45) is 0. The van der Waals surface area contributed by atoms with E-state index in [4.69, 9.17) is 23.2 Å². The number of hydrogen-bond donors (Lipinski definition) is 1. The maximum atomic E-state index is 6.39. The molecule has 0 aromatic heterocycles. The zero-order valence-electron chi connectivity index (χ0n) is 10.9. The lowest BCUT2D eigenvalue weighted by Gasteiger charge is -2.25. The molecular weight excluding hydrogens is 281 g/mol. The molecule has 0 unspecified atom stereocenters. The smallest absolute Gasteiger partial charge is 0.199 e. The summed E-state index contributed by atoms with van der Waals surface area (Å²) >= 11 is 12.7. The molecule has 1 aliphatic heterocycles. The number of halogens is 2. The quantitative estimate of drug-likeness (QED) is 0.849. The van der Waals surface area contributed by atoms with Crippen LogP contribution < -0.4 is 10.2 Å². The first-order chi connectivity index (χ1) is 9.15. The average molecular weight is 296 g/mol. The molecule has 1 aromatic rings. The summed E-state index contributed by atoms with van der Waals surface area (Å²) in [7, 11) is 0. The van der Waals surface area contributed by atoms with Crippen molar-refractivity contribution in [1.82, 2.24) is 5.32 Å². The number of nitrogens with one attached hydrogen (secondary N) is 1. The van der Waals surface area contributed by atoms with Gasteiger partial charge in [0.2, 0.25) is 0 Å². The summed E-state index contributed by atoms with van der Waals surface area (Å²) in [5, 5.41) is 4.47. The zero-order valence-corrected chi connectivity index (χ0v) is 12.4. The standard InChI is InChI=1S/C14H15Cl2N3/c1-3-4-9-19(14-17-7-8-18-14)13-11(15)6-5-10(2)12(13)16/h5-6H,7-9H2,1-2H3,(H,17,18). The van der Waals surface area contributed by atoms with Crippen LogP contribution in [0, 0.1) is 18.8 Å². The monoisotopic (exact) mass is 295 g/mol. The van der Waals surface area contributed by atoms with Gasteiger partial charge in [0.15, 0.2) is 5.96 Å². The Morgan fingerprint density at radius 1 is 1.42 bits per heavy atom. The highest BCUT2D eigenvalue weighted by molar-refractivity contribution is 6.40. The van der Waals surface area contributed by atoms with Gasteiger partial charge >= 0.3 is 0 Å². The predicted molar refractivity (Wildman–Crippen MR) is 82.3 cm³/mol. The van der Waals surface area contributed by atoms with E-state index in [-0.39, 0.29) is 0 Å². The van der Waals surface area contributed by atoms with Gasteiger partial charge in [0.1, 0.15) is 0 Å². The molecule has 5 heteroatoms. The molecule has 3 nitrogen and oxygen atoms in total. The lowest BCUT2D eigenvalue weighted by molar-refractivity contribution is 0.947. The number of hydrogen-bond acceptors (Lipinski definition) is 3. The first kappa shape index (κ1) is 14.0. The van der Waals surface area contributed by atoms with E-state index in [2.05, 4.69) is 22.2 Å². The second-order valence-corrected chi connectivity index (χ2v) is 4.96. The first-order valence-corrected chi connectivity index (χ1v) is 6.80. The topological polar surface area (TPSA) is 27.6 Å². The minimum atomic E-state index is 0.505. The molecule has 0 bridgehead atoms. The Morgan fingerprint density at radius 2 is 2.21 bits per heavy atom. The highest BCUT2D eigenvalue weighted by Gasteiger charge is 2.21. The van der Waals surface area contributed by atoms with Gasteiger partial charge < -0.3 is 5.32 Å². The number of benzene rings is 1. The van der Waals surface area contributed by atoms with Crippen molar-refractivity contribution in [3.05, 3.63) is 27.7 Å². The van der Waals surface area contributed by atoms with Gasteiger partial charge in [-0.05, 0) is 25.5 Å². The Labute approximate surface area is 123 Å². The van der Waals surface area contributed by atoms with E-state index in [0.29, 0.717) is 16.6 Å². The maximum absolute atomic E-state index is 6.39. The van der Waals surface area contributed by atoms with Crippen molar-refractivity contribution < 1.29 is 0 Å². The number of nitrogens with zero attached hydrogens (tertiary/aromatic N) is 2. The predicted octanol–water partition coefficient (Wildman–Crippen LogP) is 3.09. The minimum absolute atomic E-state index is 0.505. The van der Waals surface area contributed by atoms with Crippen LogP contribution in [0.1, 0.15) is 12.5 Å². The van der Waals surface area contributed by atoms with E-state index < -0.39 is 0 Å². The van der Waals surface area contributed by atoms with Gasteiger partial charge in [-0.15, -0.1) is 5.92 Å². The number of guanidine groups is 1. The van der Waals surface area contributed by atoms with Crippen molar-refractivity contribution >= 4 is 34.8 Å². The van der Waals surface area contributed by atoms with Crippen molar-refractivity contribution in [3.8, 4) is 11.8 Å². The Kier molecular flexibility index (Phi) is 4.57. The van der Waals surface area contributed by atoms with Crippen LogP contribution in [0.4, 0.5) is 5.69 Å². The SMILES string of the molecule is CC#CCN(C1=NCCN1)c1c(Cl)ccc(C)c1Cl. The lowest BCUT2D eigenvalue weighted by Crippen LogP contribution is -2.39. The van der Waals surface area contributed by atoms with Crippen LogP contribution in [-0.4, -0.2) is 25.6 Å². The second kappa shape index (κ2) is 6.18. The average Bonchev–Trinajstić information content (AvgIpc) is 2.92. The molecule has 0 amide bonds. The van der Waals surface area contributed by atoms with Crippen molar-refractivity contribution in [2.24, 2.45) is 4.99 Å². The van der Waals surface area contributed by atoms with Crippen molar-refractivity contribution in [2.45, 2.75) is 13.8 Å². The fraction of sp³-hybridized carbons (Fsp3) is 0.357. The summed E-state index contributed by atoms with van der Waals surface area (Å²) in [5.74, 6) is 6.69. The highest BCUT2D eigenvalue weighted by atomic mass is 35.5. The Bertz CT molecular complexity index is 570. The van der Waals surface area contributed by atoms with Gasteiger partial charge in [0.05, 0.1) is 28.8 Å². The van der Waals surface area contributed by atoms with Crippen molar-refractivity contribution in [3.63, 3.8) is 0 Å². The maximum Gasteiger partial charge on any atom is 0.199 e. The summed E-state index contributed by atoms with van der Waals surface area (Å²) in [6.45, 7) is 5.85. The Hall–Kier alpha value is -1.37. The van der Waals surface area contributed by atoms with Crippen LogP contribution in [0.2, 0.25) is 10.0 Å². The van der Waals surface area contributed by atoms with Gasteiger partial charge in [0, 0.05) is 6.54 Å². The third-order valence-corrected chi connectivity index (χ3v) is 3.64. The van der Waals surface area contributed by atoms with Gasteiger partial charge in [-0.25, -0.2) is 0 Å². The Balaban J connectivity index is 2.47. The minimum Gasteiger partial charge on any atom is -0.354 e. The normalized spacial score (nSPS) is 13.4. The summed E-state index contributed by atoms with van der Waals surface area (Å²) < 4.78 is 0. The fourth-order valence-corrected chi connectivity index (χ4v) is 2.45. The molecule has 19 heavy (non-hydrogen) atoms. The van der Waals surface area contributed by atoms with E-state index in [1.54, 1.807) is 0 Å². The molecule has 0 saturated heterocycles. The van der Waals surface area contributed by atoms with Crippen LogP contribution in [0.5, 0.6) is 0 Å². The molecule has 0 saturated carbocycles. The van der Waals surface area contributed by atoms with Crippen LogP contribution >= 0.6 is 23.2 Å². The van der Waals surface area contributed by atoms with E-state index in [1.807, 2.05) is 30.9 Å². The van der Waals surface area contributed by atoms with Crippen LogP contribution in [0.25, 0.3) is 0 Å². The van der Waals surface area contributed by atoms with E-state index in [0.717, 1.165) is 30.3 Å². The van der Waals surface area contributed by atoms with Gasteiger partial charge in [-0.2, -0.15) is 0 Å². The van der Waals surface area contributed by atoms with Gasteiger partial charge in [-0.1, -0.05) is 35.2 Å². The number of anilines is 1. The molecule has 0 atom stereocenters. The molecule has 0 aliphatic carbocycles. The molecule has 0 spiro atoms. The van der Waals surface area contributed by atoms with Crippen LogP contribution in [0.15, 0.2) is 17.1 Å². The largest absolute Gasteiger partial charge is 0.354 e. The zero-order chi connectivity index (χ0) is 13.8. The van der Waals surface area contributed by atoms with Crippen molar-refractivity contribution in [1.29, 1.82) is 0 Å². The number of aryl methyl sites for hydroxylation is 1. The second-order valence-electron chi connectivity index (χ2n) is 4.17. The number of rotatable bonds is 2. The summed E-state index contributed by atoms with van der Waals surface area (Å²) in [6, 6.07) is 3.75. The Morgan fingerprint density at radius 3 is 2.84 bits per heavy atom. The van der Waals surface area contributed by atoms with E-state index in [1.165, 1.54) is 0 Å². The lowest BCUT2D eigenvalue weighted by atomic mass is 10.2. The molecule has 0 radical (unpaired) electrons.